The van der Waals surface area contributed by atoms with Gasteiger partial charge in [-0.15, -0.1) is 0 Å². The monoisotopic (exact) mass is 585 g/mol. The van der Waals surface area contributed by atoms with Gasteiger partial charge in [-0.05, 0) is 74.8 Å². The van der Waals surface area contributed by atoms with E-state index in [-0.39, 0.29) is 23.3 Å². The van der Waals surface area contributed by atoms with Crippen molar-refractivity contribution < 1.29 is 23.5 Å². The molecule has 8 nitrogen and oxygen atoms in total. The number of esters is 1. The first-order valence-electron chi connectivity index (χ1n) is 15.5. The van der Waals surface area contributed by atoms with Crippen LogP contribution in [-0.4, -0.2) is 55.5 Å². The minimum atomic E-state index is -0.460. The lowest BCUT2D eigenvalue weighted by molar-refractivity contribution is -0.119. The average Bonchev–Trinajstić information content (AvgIpc) is 3.52. The van der Waals surface area contributed by atoms with Crippen molar-refractivity contribution in [2.45, 2.75) is 70.8 Å². The number of amides is 2. The molecule has 5 rings (SSSR count). The molecule has 2 heterocycles. The Morgan fingerprint density at radius 1 is 0.977 bits per heavy atom. The predicted molar refractivity (Wildman–Crippen MR) is 167 cm³/mol. The van der Waals surface area contributed by atoms with E-state index in [1.165, 1.54) is 19.1 Å². The molecular formula is C35H43N3O5. The standard InChI is InChI=1S/C35H43N3O5/c1-25-10-12-26(13-11-25)28-16-23-43-32(28)33(40)36-27-14-20-38(21-15-27)22-19-35(17-6-3-7-18-35)24-31(39)37-30-9-5-4-8-29(30)34(41)42-2/h4-5,8-13,16,23,27H,3,6-7,14-15,17-22,24H2,1-2H3,(H,36,40)(H,37,39). The summed E-state index contributed by atoms with van der Waals surface area (Å²) in [5.74, 6) is -0.320. The molecule has 228 valence electrons. The summed E-state index contributed by atoms with van der Waals surface area (Å²) in [5.41, 5.74) is 3.77. The third kappa shape index (κ3) is 7.73. The summed E-state index contributed by atoms with van der Waals surface area (Å²) in [4.78, 5) is 41.0. The van der Waals surface area contributed by atoms with E-state index < -0.39 is 5.97 Å². The van der Waals surface area contributed by atoms with Crippen LogP contribution in [0.5, 0.6) is 0 Å². The van der Waals surface area contributed by atoms with Crippen molar-refractivity contribution in [2.75, 3.05) is 32.1 Å². The predicted octanol–water partition coefficient (Wildman–Crippen LogP) is 6.61. The Balaban J connectivity index is 1.13. The van der Waals surface area contributed by atoms with Gasteiger partial charge in [0, 0.05) is 31.1 Å². The van der Waals surface area contributed by atoms with E-state index in [0.717, 1.165) is 75.7 Å². The fourth-order valence-corrected chi connectivity index (χ4v) is 6.62. The van der Waals surface area contributed by atoms with Gasteiger partial charge in [0.2, 0.25) is 5.91 Å². The molecule has 0 spiro atoms. The van der Waals surface area contributed by atoms with Crippen molar-refractivity contribution in [3.8, 4) is 11.1 Å². The number of para-hydroxylation sites is 1. The minimum Gasteiger partial charge on any atom is -0.465 e. The van der Waals surface area contributed by atoms with Crippen LogP contribution >= 0.6 is 0 Å². The third-order valence-corrected chi connectivity index (χ3v) is 9.17. The number of ether oxygens (including phenoxy) is 1. The molecule has 0 bridgehead atoms. The van der Waals surface area contributed by atoms with E-state index >= 15 is 0 Å². The van der Waals surface area contributed by atoms with Gasteiger partial charge in [-0.3, -0.25) is 9.59 Å². The lowest BCUT2D eigenvalue weighted by Gasteiger charge is -2.40. The fourth-order valence-electron chi connectivity index (χ4n) is 6.62. The Bertz CT molecular complexity index is 1400. The highest BCUT2D eigenvalue weighted by Crippen LogP contribution is 2.43. The highest BCUT2D eigenvalue weighted by atomic mass is 16.5. The number of carbonyl (C=O) groups is 3. The Labute approximate surface area is 254 Å². The molecule has 2 aromatic carbocycles. The van der Waals surface area contributed by atoms with Crippen LogP contribution in [0.3, 0.4) is 0 Å². The van der Waals surface area contributed by atoms with Gasteiger partial charge in [0.25, 0.3) is 5.91 Å². The van der Waals surface area contributed by atoms with Crippen molar-refractivity contribution in [3.05, 3.63) is 77.7 Å². The summed E-state index contributed by atoms with van der Waals surface area (Å²) in [6, 6.07) is 17.0. The Morgan fingerprint density at radius 2 is 1.70 bits per heavy atom. The average molecular weight is 586 g/mol. The van der Waals surface area contributed by atoms with Crippen molar-refractivity contribution in [2.24, 2.45) is 5.41 Å². The maximum atomic E-state index is 13.2. The minimum absolute atomic E-state index is 0.0424. The second-order valence-corrected chi connectivity index (χ2v) is 12.2. The number of anilines is 1. The molecular weight excluding hydrogens is 542 g/mol. The van der Waals surface area contributed by atoms with Crippen LogP contribution in [0.4, 0.5) is 5.69 Å². The smallest absolute Gasteiger partial charge is 0.339 e. The zero-order valence-corrected chi connectivity index (χ0v) is 25.3. The molecule has 2 aliphatic rings. The van der Waals surface area contributed by atoms with E-state index in [2.05, 4.69) is 15.5 Å². The topological polar surface area (TPSA) is 101 Å². The Hall–Kier alpha value is -3.91. The normalized spacial score (nSPS) is 17.3. The molecule has 2 amide bonds. The number of carbonyl (C=O) groups excluding carboxylic acids is 3. The third-order valence-electron chi connectivity index (χ3n) is 9.17. The fraction of sp³-hybridized carbons (Fsp3) is 0.457. The van der Waals surface area contributed by atoms with E-state index in [9.17, 15) is 14.4 Å². The second kappa shape index (κ2) is 14.0. The van der Waals surface area contributed by atoms with Gasteiger partial charge in [-0.25, -0.2) is 4.79 Å². The largest absolute Gasteiger partial charge is 0.465 e. The molecule has 2 fully saturated rings. The summed E-state index contributed by atoms with van der Waals surface area (Å²) in [5, 5.41) is 6.18. The van der Waals surface area contributed by atoms with Crippen molar-refractivity contribution >= 4 is 23.5 Å². The summed E-state index contributed by atoms with van der Waals surface area (Å²) in [6.07, 6.45) is 10.3. The molecule has 3 aromatic rings. The van der Waals surface area contributed by atoms with E-state index in [1.54, 1.807) is 24.5 Å². The SMILES string of the molecule is COC(=O)c1ccccc1NC(=O)CC1(CCN2CCC(NC(=O)c3occc3-c3ccc(C)cc3)CC2)CCCCC1. The van der Waals surface area contributed by atoms with Gasteiger partial charge in [0.15, 0.2) is 5.76 Å². The molecule has 8 heteroatoms. The number of hydrogen-bond acceptors (Lipinski definition) is 6. The number of aryl methyl sites for hydroxylation is 1. The first kappa shape index (κ1) is 30.5. The lowest BCUT2D eigenvalue weighted by atomic mass is 9.69. The molecule has 0 atom stereocenters. The summed E-state index contributed by atoms with van der Waals surface area (Å²) in [7, 11) is 1.34. The van der Waals surface area contributed by atoms with Crippen LogP contribution in [0.15, 0.2) is 65.3 Å². The number of benzene rings is 2. The maximum Gasteiger partial charge on any atom is 0.339 e. The van der Waals surface area contributed by atoms with Crippen LogP contribution in [-0.2, 0) is 9.53 Å². The van der Waals surface area contributed by atoms with Crippen molar-refractivity contribution in [1.82, 2.24) is 10.2 Å². The zero-order valence-electron chi connectivity index (χ0n) is 25.3. The molecule has 0 unspecified atom stereocenters. The second-order valence-electron chi connectivity index (χ2n) is 12.2. The van der Waals surface area contributed by atoms with Gasteiger partial charge in [0.05, 0.1) is 24.6 Å². The van der Waals surface area contributed by atoms with Gasteiger partial charge in [-0.2, -0.15) is 0 Å². The van der Waals surface area contributed by atoms with Crippen LogP contribution in [0.2, 0.25) is 0 Å². The number of furan rings is 1. The van der Waals surface area contributed by atoms with E-state index in [1.807, 2.05) is 43.3 Å². The number of hydrogen-bond donors (Lipinski definition) is 2. The molecule has 1 aromatic heterocycles. The molecule has 0 radical (unpaired) electrons. The number of nitrogens with one attached hydrogen (secondary N) is 2. The summed E-state index contributed by atoms with van der Waals surface area (Å²) >= 11 is 0. The van der Waals surface area contributed by atoms with Gasteiger partial charge < -0.3 is 24.7 Å². The molecule has 43 heavy (non-hydrogen) atoms. The molecule has 1 saturated carbocycles. The van der Waals surface area contributed by atoms with Gasteiger partial charge in [0.1, 0.15) is 0 Å². The number of nitrogens with zero attached hydrogens (tertiary/aromatic N) is 1. The number of likely N-dealkylation sites (tertiary alicyclic amines) is 1. The number of rotatable bonds is 10. The molecule has 2 N–H and O–H groups in total. The molecule has 1 saturated heterocycles. The maximum absolute atomic E-state index is 13.2. The van der Waals surface area contributed by atoms with E-state index in [4.69, 9.17) is 9.15 Å². The first-order chi connectivity index (χ1) is 20.9. The van der Waals surface area contributed by atoms with Crippen molar-refractivity contribution in [1.29, 1.82) is 0 Å². The van der Waals surface area contributed by atoms with Gasteiger partial charge in [-0.1, -0.05) is 61.2 Å². The Kier molecular flexibility index (Phi) is 9.97. The molecule has 1 aliphatic heterocycles. The van der Waals surface area contributed by atoms with Crippen molar-refractivity contribution in [3.63, 3.8) is 0 Å². The van der Waals surface area contributed by atoms with Gasteiger partial charge >= 0.3 is 5.97 Å². The lowest BCUT2D eigenvalue weighted by Crippen LogP contribution is -2.45. The summed E-state index contributed by atoms with van der Waals surface area (Å²) in [6.45, 7) is 4.79. The number of methoxy groups -OCH3 is 1. The molecule has 1 aliphatic carbocycles. The first-order valence-corrected chi connectivity index (χ1v) is 15.5. The summed E-state index contributed by atoms with van der Waals surface area (Å²) < 4.78 is 10.5. The van der Waals surface area contributed by atoms with Crippen LogP contribution in [0, 0.1) is 12.3 Å². The van der Waals surface area contributed by atoms with Crippen LogP contribution in [0.25, 0.3) is 11.1 Å². The highest BCUT2D eigenvalue weighted by Gasteiger charge is 2.35. The highest BCUT2D eigenvalue weighted by molar-refractivity contribution is 6.01. The van der Waals surface area contributed by atoms with Crippen LogP contribution in [0.1, 0.15) is 84.3 Å². The number of piperidine rings is 1. The zero-order chi connectivity index (χ0) is 30.2. The van der Waals surface area contributed by atoms with Crippen LogP contribution < -0.4 is 10.6 Å². The Morgan fingerprint density at radius 3 is 2.42 bits per heavy atom. The van der Waals surface area contributed by atoms with E-state index in [0.29, 0.717) is 23.4 Å². The quantitative estimate of drug-likeness (QED) is 0.260.